The van der Waals surface area contributed by atoms with Crippen LogP contribution >= 0.6 is 0 Å². The smallest absolute Gasteiger partial charge is 0.225 e. The van der Waals surface area contributed by atoms with Gasteiger partial charge in [-0.3, -0.25) is 4.79 Å². The standard InChI is InChI=1S/C10H7N3O2/c1-15-10-8(5-14)9-7(4-13-10)6(2-11)3-12-9/h3-5,12H,1H3. The molecule has 0 amide bonds. The Morgan fingerprint density at radius 1 is 1.67 bits per heavy atom. The van der Waals surface area contributed by atoms with Crippen molar-refractivity contribution in [1.29, 1.82) is 5.26 Å². The Hall–Kier alpha value is -2.35. The molecule has 0 aliphatic heterocycles. The van der Waals surface area contributed by atoms with Crippen LogP contribution in [0.15, 0.2) is 12.4 Å². The van der Waals surface area contributed by atoms with Crippen LogP contribution in [0.3, 0.4) is 0 Å². The first-order valence-corrected chi connectivity index (χ1v) is 4.21. The molecule has 0 radical (unpaired) electrons. The van der Waals surface area contributed by atoms with Gasteiger partial charge in [0, 0.05) is 17.8 Å². The lowest BCUT2D eigenvalue weighted by Crippen LogP contribution is -1.94. The van der Waals surface area contributed by atoms with Crippen LogP contribution < -0.4 is 4.74 Å². The third-order valence-corrected chi connectivity index (χ3v) is 2.16. The molecule has 2 rings (SSSR count). The Morgan fingerprint density at radius 3 is 3.07 bits per heavy atom. The Bertz CT molecular complexity index is 566. The number of aldehydes is 1. The van der Waals surface area contributed by atoms with Crippen LogP contribution in [0.1, 0.15) is 15.9 Å². The number of hydrogen-bond donors (Lipinski definition) is 1. The molecule has 0 aromatic carbocycles. The SMILES string of the molecule is COc1ncc2c(C#N)c[nH]c2c1C=O. The van der Waals surface area contributed by atoms with Crippen molar-refractivity contribution in [2.24, 2.45) is 0 Å². The molecule has 2 aromatic rings. The normalized spacial score (nSPS) is 9.87. The number of aromatic amines is 1. The highest BCUT2D eigenvalue weighted by Gasteiger charge is 2.12. The number of nitrogens with zero attached hydrogens (tertiary/aromatic N) is 2. The van der Waals surface area contributed by atoms with E-state index in [2.05, 4.69) is 9.97 Å². The van der Waals surface area contributed by atoms with Crippen molar-refractivity contribution in [2.45, 2.75) is 0 Å². The summed E-state index contributed by atoms with van der Waals surface area (Å²) >= 11 is 0. The molecule has 74 valence electrons. The average Bonchev–Trinajstić information content (AvgIpc) is 2.70. The maximum atomic E-state index is 10.9. The number of carbonyl (C=O) groups excluding carboxylic acids is 1. The second kappa shape index (κ2) is 3.42. The number of methoxy groups -OCH3 is 1. The van der Waals surface area contributed by atoms with Gasteiger partial charge in [-0.2, -0.15) is 5.26 Å². The molecule has 0 atom stereocenters. The van der Waals surface area contributed by atoms with E-state index in [-0.39, 0.29) is 5.88 Å². The lowest BCUT2D eigenvalue weighted by molar-refractivity contribution is 0.112. The van der Waals surface area contributed by atoms with Gasteiger partial charge < -0.3 is 9.72 Å². The molecule has 0 saturated carbocycles. The van der Waals surface area contributed by atoms with Crippen molar-refractivity contribution >= 4 is 17.2 Å². The van der Waals surface area contributed by atoms with E-state index in [4.69, 9.17) is 10.00 Å². The highest BCUT2D eigenvalue weighted by atomic mass is 16.5. The molecule has 2 heterocycles. The van der Waals surface area contributed by atoms with Crippen molar-refractivity contribution in [3.05, 3.63) is 23.5 Å². The minimum Gasteiger partial charge on any atom is -0.480 e. The third-order valence-electron chi connectivity index (χ3n) is 2.16. The number of rotatable bonds is 2. The van der Waals surface area contributed by atoms with Crippen molar-refractivity contribution in [2.75, 3.05) is 7.11 Å². The molecule has 1 N–H and O–H groups in total. The number of ether oxygens (including phenoxy) is 1. The quantitative estimate of drug-likeness (QED) is 0.741. The minimum absolute atomic E-state index is 0.254. The largest absolute Gasteiger partial charge is 0.480 e. The summed E-state index contributed by atoms with van der Waals surface area (Å²) < 4.78 is 4.94. The van der Waals surface area contributed by atoms with Gasteiger partial charge in [-0.1, -0.05) is 0 Å². The zero-order valence-electron chi connectivity index (χ0n) is 7.94. The number of aromatic nitrogens is 2. The van der Waals surface area contributed by atoms with E-state index in [1.54, 1.807) is 6.20 Å². The molecular formula is C10H7N3O2. The number of pyridine rings is 1. The Morgan fingerprint density at radius 2 is 2.47 bits per heavy atom. The Kier molecular flexibility index (Phi) is 2.10. The summed E-state index contributed by atoms with van der Waals surface area (Å²) in [5.74, 6) is 0.254. The fourth-order valence-corrected chi connectivity index (χ4v) is 1.46. The topological polar surface area (TPSA) is 78.8 Å². The predicted octanol–water partition coefficient (Wildman–Crippen LogP) is 1.26. The summed E-state index contributed by atoms with van der Waals surface area (Å²) in [4.78, 5) is 17.7. The van der Waals surface area contributed by atoms with Gasteiger partial charge in [0.25, 0.3) is 0 Å². The average molecular weight is 201 g/mol. The number of nitrogens with one attached hydrogen (secondary N) is 1. The zero-order chi connectivity index (χ0) is 10.8. The van der Waals surface area contributed by atoms with Gasteiger partial charge in [0.2, 0.25) is 5.88 Å². The van der Waals surface area contributed by atoms with E-state index < -0.39 is 0 Å². The molecule has 0 aliphatic carbocycles. The van der Waals surface area contributed by atoms with E-state index in [0.29, 0.717) is 28.3 Å². The number of fused-ring (bicyclic) bond motifs is 1. The number of nitriles is 1. The number of hydrogen-bond acceptors (Lipinski definition) is 4. The van der Waals surface area contributed by atoms with E-state index in [1.807, 2.05) is 6.07 Å². The summed E-state index contributed by atoms with van der Waals surface area (Å²) in [7, 11) is 1.44. The van der Waals surface area contributed by atoms with E-state index >= 15 is 0 Å². The first-order valence-electron chi connectivity index (χ1n) is 4.21. The molecule has 0 unspecified atom stereocenters. The zero-order valence-corrected chi connectivity index (χ0v) is 7.94. The summed E-state index contributed by atoms with van der Waals surface area (Å²) in [6.07, 6.45) is 3.71. The van der Waals surface area contributed by atoms with E-state index in [0.717, 1.165) is 0 Å². The van der Waals surface area contributed by atoms with Gasteiger partial charge in [0.05, 0.1) is 18.2 Å². The van der Waals surface area contributed by atoms with Crippen LogP contribution in [0.2, 0.25) is 0 Å². The maximum absolute atomic E-state index is 10.9. The monoisotopic (exact) mass is 201 g/mol. The van der Waals surface area contributed by atoms with Crippen LogP contribution in [-0.2, 0) is 0 Å². The predicted molar refractivity (Wildman–Crippen MR) is 52.7 cm³/mol. The fraction of sp³-hybridized carbons (Fsp3) is 0.100. The van der Waals surface area contributed by atoms with Gasteiger partial charge in [-0.05, 0) is 0 Å². The van der Waals surface area contributed by atoms with Crippen molar-refractivity contribution < 1.29 is 9.53 Å². The molecule has 5 nitrogen and oxygen atoms in total. The summed E-state index contributed by atoms with van der Waals surface area (Å²) in [6, 6.07) is 2.01. The summed E-state index contributed by atoms with van der Waals surface area (Å²) in [6.45, 7) is 0. The lowest BCUT2D eigenvalue weighted by atomic mass is 10.2. The molecule has 0 saturated heterocycles. The first kappa shape index (κ1) is 9.21. The highest BCUT2D eigenvalue weighted by Crippen LogP contribution is 2.24. The molecule has 0 aliphatic rings. The minimum atomic E-state index is 0.254. The van der Waals surface area contributed by atoms with Crippen molar-refractivity contribution in [3.8, 4) is 11.9 Å². The van der Waals surface area contributed by atoms with Crippen LogP contribution in [0.5, 0.6) is 5.88 Å². The Balaban J connectivity index is 2.85. The lowest BCUT2D eigenvalue weighted by Gasteiger charge is -2.02. The molecule has 0 bridgehead atoms. The summed E-state index contributed by atoms with van der Waals surface area (Å²) in [5.41, 5.74) is 1.37. The van der Waals surface area contributed by atoms with Crippen molar-refractivity contribution in [1.82, 2.24) is 9.97 Å². The van der Waals surface area contributed by atoms with E-state index in [1.165, 1.54) is 13.3 Å². The van der Waals surface area contributed by atoms with Gasteiger partial charge in [-0.25, -0.2) is 4.98 Å². The Labute approximate surface area is 85.3 Å². The van der Waals surface area contributed by atoms with Crippen LogP contribution in [0.4, 0.5) is 0 Å². The van der Waals surface area contributed by atoms with Crippen LogP contribution in [0.25, 0.3) is 10.9 Å². The maximum Gasteiger partial charge on any atom is 0.225 e. The fourth-order valence-electron chi connectivity index (χ4n) is 1.46. The van der Waals surface area contributed by atoms with Crippen LogP contribution in [-0.4, -0.2) is 23.4 Å². The molecule has 15 heavy (non-hydrogen) atoms. The molecule has 0 fully saturated rings. The third kappa shape index (κ3) is 1.23. The van der Waals surface area contributed by atoms with E-state index in [9.17, 15) is 4.79 Å². The number of H-pyrrole nitrogens is 1. The first-order chi connectivity index (χ1) is 7.31. The molecular weight excluding hydrogens is 194 g/mol. The van der Waals surface area contributed by atoms with Gasteiger partial charge in [0.15, 0.2) is 6.29 Å². The van der Waals surface area contributed by atoms with Gasteiger partial charge in [-0.15, -0.1) is 0 Å². The number of carbonyl (C=O) groups is 1. The van der Waals surface area contributed by atoms with Gasteiger partial charge in [0.1, 0.15) is 11.6 Å². The van der Waals surface area contributed by atoms with Gasteiger partial charge >= 0.3 is 0 Å². The summed E-state index contributed by atoms with van der Waals surface area (Å²) in [5, 5.41) is 9.42. The molecule has 0 spiro atoms. The molecule has 2 aromatic heterocycles. The second-order valence-electron chi connectivity index (χ2n) is 2.90. The molecule has 5 heteroatoms. The second-order valence-corrected chi connectivity index (χ2v) is 2.90. The van der Waals surface area contributed by atoms with Crippen molar-refractivity contribution in [3.63, 3.8) is 0 Å². The van der Waals surface area contributed by atoms with Crippen LogP contribution in [0, 0.1) is 11.3 Å². The highest BCUT2D eigenvalue weighted by molar-refractivity contribution is 5.99.